The van der Waals surface area contributed by atoms with Gasteiger partial charge in [-0.1, -0.05) is 34.8 Å². The van der Waals surface area contributed by atoms with Crippen LogP contribution in [0, 0.1) is 10.1 Å². The highest BCUT2D eigenvalue weighted by Crippen LogP contribution is 2.39. The normalized spacial score (nSPS) is 10.3. The number of nitro groups is 1. The van der Waals surface area contributed by atoms with Crippen molar-refractivity contribution in [1.29, 1.82) is 0 Å². The molecule has 9 heteroatoms. The van der Waals surface area contributed by atoms with E-state index in [0.29, 0.717) is 5.02 Å². The van der Waals surface area contributed by atoms with E-state index < -0.39 is 16.6 Å². The molecule has 120 valence electrons. The molecule has 0 N–H and O–H groups in total. The van der Waals surface area contributed by atoms with Gasteiger partial charge in [0.1, 0.15) is 11.3 Å². The second kappa shape index (κ2) is 7.04. The van der Waals surface area contributed by atoms with Crippen LogP contribution in [0.5, 0.6) is 11.5 Å². The minimum atomic E-state index is -0.865. The molecule has 0 aliphatic heterocycles. The van der Waals surface area contributed by atoms with Gasteiger partial charge in [-0.15, -0.1) is 0 Å². The zero-order valence-electron chi connectivity index (χ0n) is 11.5. The van der Waals surface area contributed by atoms with Crippen molar-refractivity contribution in [2.24, 2.45) is 0 Å². The number of rotatable bonds is 4. The number of methoxy groups -OCH3 is 1. The van der Waals surface area contributed by atoms with Crippen molar-refractivity contribution in [3.05, 3.63) is 61.1 Å². The number of hydrogen-bond donors (Lipinski definition) is 0. The summed E-state index contributed by atoms with van der Waals surface area (Å²) in [6.45, 7) is 0. The molecule has 0 aliphatic carbocycles. The Bertz CT molecular complexity index is 771. The van der Waals surface area contributed by atoms with E-state index in [-0.39, 0.29) is 27.1 Å². The van der Waals surface area contributed by atoms with Crippen LogP contribution in [-0.2, 0) is 4.74 Å². The molecule has 6 nitrogen and oxygen atoms in total. The maximum Gasteiger partial charge on any atom is 0.345 e. The van der Waals surface area contributed by atoms with Gasteiger partial charge in [-0.3, -0.25) is 10.1 Å². The van der Waals surface area contributed by atoms with Gasteiger partial charge in [-0.2, -0.15) is 0 Å². The number of nitrogens with zero attached hydrogens (tertiary/aromatic N) is 1. The third-order valence-electron chi connectivity index (χ3n) is 2.75. The average Bonchev–Trinajstić information content (AvgIpc) is 2.49. The maximum atomic E-state index is 11.7. The van der Waals surface area contributed by atoms with Gasteiger partial charge in [-0.05, 0) is 18.2 Å². The number of halogens is 3. The fraction of sp³-hybridized carbons (Fsp3) is 0.0714. The molecule has 0 spiro atoms. The van der Waals surface area contributed by atoms with Gasteiger partial charge in [-0.25, -0.2) is 4.79 Å². The highest BCUT2D eigenvalue weighted by molar-refractivity contribution is 6.40. The minimum absolute atomic E-state index is 0.113. The summed E-state index contributed by atoms with van der Waals surface area (Å²) in [5, 5.41) is 11.6. The van der Waals surface area contributed by atoms with Crippen molar-refractivity contribution in [2.45, 2.75) is 0 Å². The monoisotopic (exact) mass is 375 g/mol. The standard InChI is InChI=1S/C14H8Cl3NO5/c1-22-14(19)9-6-8(2-3-12(9)18(20)21)23-13-10(16)4-7(15)5-11(13)17/h2-6H,1H3. The van der Waals surface area contributed by atoms with Gasteiger partial charge in [0.25, 0.3) is 5.69 Å². The molecule has 0 fully saturated rings. The summed E-state index contributed by atoms with van der Waals surface area (Å²) in [5.41, 5.74) is -0.659. The molecule has 23 heavy (non-hydrogen) atoms. The minimum Gasteiger partial charge on any atom is -0.465 e. The van der Waals surface area contributed by atoms with E-state index in [2.05, 4.69) is 4.74 Å². The Morgan fingerprint density at radius 1 is 1.13 bits per heavy atom. The Kier molecular flexibility index (Phi) is 5.30. The second-order valence-electron chi connectivity index (χ2n) is 4.23. The van der Waals surface area contributed by atoms with Gasteiger partial charge in [0, 0.05) is 17.2 Å². The van der Waals surface area contributed by atoms with Crippen LogP contribution in [0.3, 0.4) is 0 Å². The van der Waals surface area contributed by atoms with E-state index in [4.69, 9.17) is 39.5 Å². The number of carbonyl (C=O) groups is 1. The van der Waals surface area contributed by atoms with E-state index in [0.717, 1.165) is 13.2 Å². The number of nitro benzene ring substituents is 1. The smallest absolute Gasteiger partial charge is 0.345 e. The Hall–Kier alpha value is -2.02. The van der Waals surface area contributed by atoms with Crippen LogP contribution < -0.4 is 4.74 Å². The Morgan fingerprint density at radius 3 is 2.26 bits per heavy atom. The van der Waals surface area contributed by atoms with Gasteiger partial charge >= 0.3 is 5.97 Å². The van der Waals surface area contributed by atoms with E-state index >= 15 is 0 Å². The first-order chi connectivity index (χ1) is 10.8. The molecule has 0 heterocycles. The summed E-state index contributed by atoms with van der Waals surface area (Å²) >= 11 is 17.8. The fourth-order valence-electron chi connectivity index (χ4n) is 1.76. The molecule has 0 saturated carbocycles. The van der Waals surface area contributed by atoms with Crippen molar-refractivity contribution in [1.82, 2.24) is 0 Å². The summed E-state index contributed by atoms with van der Waals surface area (Å²) in [4.78, 5) is 21.9. The van der Waals surface area contributed by atoms with Gasteiger partial charge < -0.3 is 9.47 Å². The van der Waals surface area contributed by atoms with Crippen LogP contribution in [0.15, 0.2) is 30.3 Å². The number of ether oxygens (including phenoxy) is 2. The third kappa shape index (κ3) is 3.85. The van der Waals surface area contributed by atoms with Crippen LogP contribution in [0.25, 0.3) is 0 Å². The zero-order valence-corrected chi connectivity index (χ0v) is 13.8. The first-order valence-electron chi connectivity index (χ1n) is 6.02. The van der Waals surface area contributed by atoms with Crippen molar-refractivity contribution < 1.29 is 19.2 Å². The number of carbonyl (C=O) groups excluding carboxylic acids is 1. The predicted octanol–water partition coefficient (Wildman–Crippen LogP) is 5.13. The molecule has 2 aromatic rings. The molecular formula is C14H8Cl3NO5. The van der Waals surface area contributed by atoms with Crippen LogP contribution in [0.4, 0.5) is 5.69 Å². The number of esters is 1. The molecule has 0 atom stereocenters. The summed E-state index contributed by atoms with van der Waals surface area (Å²) in [5.74, 6) is -0.625. The van der Waals surface area contributed by atoms with E-state index in [9.17, 15) is 14.9 Å². The molecule has 0 unspecified atom stereocenters. The van der Waals surface area contributed by atoms with Crippen LogP contribution in [0.2, 0.25) is 15.1 Å². The van der Waals surface area contributed by atoms with Crippen LogP contribution in [0.1, 0.15) is 10.4 Å². The fourth-order valence-corrected chi connectivity index (χ4v) is 2.65. The highest BCUT2D eigenvalue weighted by atomic mass is 35.5. The number of hydrogen-bond acceptors (Lipinski definition) is 5. The summed E-state index contributed by atoms with van der Waals surface area (Å²) in [6, 6.07) is 6.46. The lowest BCUT2D eigenvalue weighted by Crippen LogP contribution is -2.06. The van der Waals surface area contributed by atoms with E-state index in [1.54, 1.807) is 0 Å². The van der Waals surface area contributed by atoms with Crippen LogP contribution >= 0.6 is 34.8 Å². The molecule has 0 amide bonds. The molecule has 2 aromatic carbocycles. The molecule has 0 bridgehead atoms. The van der Waals surface area contributed by atoms with Crippen molar-refractivity contribution >= 4 is 46.5 Å². The quantitative estimate of drug-likeness (QED) is 0.420. The Labute approximate surface area is 145 Å². The summed E-state index contributed by atoms with van der Waals surface area (Å²) in [6.07, 6.45) is 0. The topological polar surface area (TPSA) is 78.7 Å². The summed E-state index contributed by atoms with van der Waals surface area (Å²) in [7, 11) is 1.12. The molecule has 0 aliphatic rings. The summed E-state index contributed by atoms with van der Waals surface area (Å²) < 4.78 is 10.0. The first kappa shape index (κ1) is 17.3. The van der Waals surface area contributed by atoms with Crippen LogP contribution in [-0.4, -0.2) is 18.0 Å². The van der Waals surface area contributed by atoms with E-state index in [1.165, 1.54) is 24.3 Å². The van der Waals surface area contributed by atoms with Gasteiger partial charge in [0.2, 0.25) is 0 Å². The molecule has 0 saturated heterocycles. The highest BCUT2D eigenvalue weighted by Gasteiger charge is 2.22. The Morgan fingerprint density at radius 2 is 1.74 bits per heavy atom. The van der Waals surface area contributed by atoms with Gasteiger partial charge in [0.15, 0.2) is 5.75 Å². The molecule has 0 aromatic heterocycles. The number of benzene rings is 2. The molecular weight excluding hydrogens is 369 g/mol. The average molecular weight is 377 g/mol. The second-order valence-corrected chi connectivity index (χ2v) is 5.48. The lowest BCUT2D eigenvalue weighted by atomic mass is 10.1. The third-order valence-corrected chi connectivity index (χ3v) is 3.53. The first-order valence-corrected chi connectivity index (χ1v) is 7.16. The largest absolute Gasteiger partial charge is 0.465 e. The van der Waals surface area contributed by atoms with Crippen molar-refractivity contribution in [3.8, 4) is 11.5 Å². The molecule has 2 rings (SSSR count). The van der Waals surface area contributed by atoms with Crippen molar-refractivity contribution in [3.63, 3.8) is 0 Å². The SMILES string of the molecule is COC(=O)c1cc(Oc2c(Cl)cc(Cl)cc2Cl)ccc1[N+](=O)[O-]. The predicted molar refractivity (Wildman–Crippen MR) is 86.0 cm³/mol. The lowest BCUT2D eigenvalue weighted by Gasteiger charge is -2.11. The van der Waals surface area contributed by atoms with Crippen molar-refractivity contribution in [2.75, 3.05) is 7.11 Å². The van der Waals surface area contributed by atoms with Gasteiger partial charge in [0.05, 0.1) is 22.1 Å². The molecule has 0 radical (unpaired) electrons. The Balaban J connectivity index is 2.46. The zero-order chi connectivity index (χ0) is 17.1. The maximum absolute atomic E-state index is 11.7. The van der Waals surface area contributed by atoms with E-state index in [1.807, 2.05) is 0 Å². The lowest BCUT2D eigenvalue weighted by molar-refractivity contribution is -0.385.